The number of pyridine rings is 1. The summed E-state index contributed by atoms with van der Waals surface area (Å²) in [6.07, 6.45) is -2.94. The van der Waals surface area contributed by atoms with E-state index in [2.05, 4.69) is 14.5 Å². The van der Waals surface area contributed by atoms with Gasteiger partial charge in [0, 0.05) is 6.07 Å². The molecule has 0 radical (unpaired) electrons. The van der Waals surface area contributed by atoms with Crippen LogP contribution < -0.4 is 4.74 Å². The number of hydrogen-bond acceptors (Lipinski definition) is 4. The molecule has 0 aliphatic rings. The topological polar surface area (TPSA) is 48.4 Å². The van der Waals surface area contributed by atoms with E-state index >= 15 is 0 Å². The Morgan fingerprint density at radius 1 is 1.50 bits per heavy atom. The van der Waals surface area contributed by atoms with Gasteiger partial charge < -0.3 is 9.47 Å². The van der Waals surface area contributed by atoms with Crippen LogP contribution in [0.5, 0.6) is 5.88 Å². The fraction of sp³-hybridized carbons (Fsp3) is 0.333. The number of carbonyl (C=O) groups excluding carboxylic acids is 1. The monoisotopic (exact) mass is 251 g/mol. The number of halogens is 3. The molecule has 0 saturated carbocycles. The Hall–Kier alpha value is -1.43. The highest BCUT2D eigenvalue weighted by molar-refractivity contribution is 6.33. The standard InChI is InChI=1S/C9H8ClF2NO3/c1-15-5-3-4(10)6(9(14)16-2)7(13-5)8(11)12/h3,8H,1-2H3. The Morgan fingerprint density at radius 3 is 2.56 bits per heavy atom. The average Bonchev–Trinajstić information content (AvgIpc) is 2.26. The molecule has 7 heteroatoms. The zero-order chi connectivity index (χ0) is 12.3. The second-order valence-electron chi connectivity index (χ2n) is 2.70. The van der Waals surface area contributed by atoms with E-state index in [1.165, 1.54) is 13.2 Å². The van der Waals surface area contributed by atoms with Crippen molar-refractivity contribution >= 4 is 17.6 Å². The number of esters is 1. The Morgan fingerprint density at radius 2 is 2.12 bits per heavy atom. The molecule has 0 fully saturated rings. The zero-order valence-electron chi connectivity index (χ0n) is 8.46. The van der Waals surface area contributed by atoms with Crippen LogP contribution in [0.2, 0.25) is 5.02 Å². The van der Waals surface area contributed by atoms with Crippen LogP contribution in [-0.2, 0) is 4.74 Å². The lowest BCUT2D eigenvalue weighted by molar-refractivity contribution is 0.0587. The number of carbonyl (C=O) groups is 1. The molecule has 0 aromatic carbocycles. The smallest absolute Gasteiger partial charge is 0.341 e. The van der Waals surface area contributed by atoms with Gasteiger partial charge in [0.05, 0.1) is 19.2 Å². The van der Waals surface area contributed by atoms with Gasteiger partial charge in [-0.1, -0.05) is 11.6 Å². The minimum absolute atomic E-state index is 0.0899. The highest BCUT2D eigenvalue weighted by atomic mass is 35.5. The predicted molar refractivity (Wildman–Crippen MR) is 52.1 cm³/mol. The lowest BCUT2D eigenvalue weighted by Gasteiger charge is -2.09. The van der Waals surface area contributed by atoms with Gasteiger partial charge in [-0.05, 0) is 0 Å². The van der Waals surface area contributed by atoms with Crippen molar-refractivity contribution in [2.45, 2.75) is 6.43 Å². The largest absolute Gasteiger partial charge is 0.481 e. The number of ether oxygens (including phenoxy) is 2. The molecule has 1 heterocycles. The fourth-order valence-corrected chi connectivity index (χ4v) is 1.34. The fourth-order valence-electron chi connectivity index (χ4n) is 1.08. The molecule has 0 bridgehead atoms. The molecule has 4 nitrogen and oxygen atoms in total. The van der Waals surface area contributed by atoms with E-state index in [0.717, 1.165) is 7.11 Å². The van der Waals surface area contributed by atoms with Gasteiger partial charge in [-0.3, -0.25) is 0 Å². The van der Waals surface area contributed by atoms with E-state index < -0.39 is 23.7 Å². The summed E-state index contributed by atoms with van der Waals surface area (Å²) in [6, 6.07) is 1.17. The molecule has 1 aromatic heterocycles. The van der Waals surface area contributed by atoms with Crippen LogP contribution in [0.1, 0.15) is 22.5 Å². The van der Waals surface area contributed by atoms with Gasteiger partial charge in [0.25, 0.3) is 6.43 Å². The van der Waals surface area contributed by atoms with E-state index in [4.69, 9.17) is 11.6 Å². The molecule has 0 saturated heterocycles. The highest BCUT2D eigenvalue weighted by Gasteiger charge is 2.25. The van der Waals surface area contributed by atoms with Crippen molar-refractivity contribution in [3.8, 4) is 5.88 Å². The van der Waals surface area contributed by atoms with Crippen molar-refractivity contribution < 1.29 is 23.0 Å². The van der Waals surface area contributed by atoms with E-state index in [9.17, 15) is 13.6 Å². The third-order valence-electron chi connectivity index (χ3n) is 1.78. The Bertz CT molecular complexity index is 412. The van der Waals surface area contributed by atoms with Crippen LogP contribution in [0.3, 0.4) is 0 Å². The SMILES string of the molecule is COC(=O)c1c(Cl)cc(OC)nc1C(F)F. The summed E-state index contributed by atoms with van der Waals surface area (Å²) in [5, 5.41) is -0.186. The van der Waals surface area contributed by atoms with Gasteiger partial charge in [-0.15, -0.1) is 0 Å². The van der Waals surface area contributed by atoms with E-state index in [-0.39, 0.29) is 10.9 Å². The van der Waals surface area contributed by atoms with Gasteiger partial charge in [0.15, 0.2) is 0 Å². The molecule has 0 atom stereocenters. The predicted octanol–water partition coefficient (Wildman–Crippen LogP) is 2.47. The summed E-state index contributed by atoms with van der Waals surface area (Å²) in [5.41, 5.74) is -1.20. The van der Waals surface area contributed by atoms with Crippen molar-refractivity contribution in [1.82, 2.24) is 4.98 Å². The summed E-state index contributed by atoms with van der Waals surface area (Å²) in [7, 11) is 2.32. The summed E-state index contributed by atoms with van der Waals surface area (Å²) in [5.74, 6) is -1.05. The van der Waals surface area contributed by atoms with Crippen LogP contribution in [-0.4, -0.2) is 25.2 Å². The Balaban J connectivity index is 3.39. The second-order valence-corrected chi connectivity index (χ2v) is 3.11. The quantitative estimate of drug-likeness (QED) is 0.775. The maximum Gasteiger partial charge on any atom is 0.341 e. The first-order chi connectivity index (χ1) is 7.51. The summed E-state index contributed by atoms with van der Waals surface area (Å²) >= 11 is 5.68. The van der Waals surface area contributed by atoms with Gasteiger partial charge in [0.1, 0.15) is 11.3 Å². The zero-order valence-corrected chi connectivity index (χ0v) is 9.22. The maximum absolute atomic E-state index is 12.6. The number of nitrogens with zero attached hydrogens (tertiary/aromatic N) is 1. The molecule has 1 aromatic rings. The molecule has 1 rings (SSSR count). The molecular formula is C9H8ClF2NO3. The molecule has 0 unspecified atom stereocenters. The van der Waals surface area contributed by atoms with Crippen molar-refractivity contribution in [3.05, 3.63) is 22.3 Å². The molecule has 0 spiro atoms. The van der Waals surface area contributed by atoms with Crippen molar-refractivity contribution in [2.24, 2.45) is 0 Å². The molecule has 0 amide bonds. The first-order valence-corrected chi connectivity index (χ1v) is 4.50. The van der Waals surface area contributed by atoms with Crippen LogP contribution >= 0.6 is 11.6 Å². The number of hydrogen-bond donors (Lipinski definition) is 0. The number of methoxy groups -OCH3 is 2. The van der Waals surface area contributed by atoms with Gasteiger partial charge >= 0.3 is 5.97 Å². The molecule has 0 aliphatic heterocycles. The van der Waals surface area contributed by atoms with Gasteiger partial charge in [-0.25, -0.2) is 18.6 Å². The van der Waals surface area contributed by atoms with Crippen molar-refractivity contribution in [2.75, 3.05) is 14.2 Å². The van der Waals surface area contributed by atoms with Crippen LogP contribution in [0.25, 0.3) is 0 Å². The lowest BCUT2D eigenvalue weighted by Crippen LogP contribution is -2.10. The van der Waals surface area contributed by atoms with Gasteiger partial charge in [-0.2, -0.15) is 0 Å². The Kier molecular flexibility index (Phi) is 4.00. The lowest BCUT2D eigenvalue weighted by atomic mass is 10.2. The third-order valence-corrected chi connectivity index (χ3v) is 2.08. The van der Waals surface area contributed by atoms with Crippen molar-refractivity contribution in [3.63, 3.8) is 0 Å². The number of rotatable bonds is 3. The molecule has 0 N–H and O–H groups in total. The van der Waals surface area contributed by atoms with Crippen LogP contribution in [0.15, 0.2) is 6.07 Å². The normalized spacial score (nSPS) is 10.4. The molecular weight excluding hydrogens is 244 g/mol. The van der Waals surface area contributed by atoms with Crippen LogP contribution in [0, 0.1) is 0 Å². The first kappa shape index (κ1) is 12.6. The summed E-state index contributed by atoms with van der Waals surface area (Å²) in [6.45, 7) is 0. The maximum atomic E-state index is 12.6. The second kappa shape index (κ2) is 5.07. The molecule has 88 valence electrons. The number of alkyl halides is 2. The highest BCUT2D eigenvalue weighted by Crippen LogP contribution is 2.30. The minimum atomic E-state index is -2.94. The molecule has 0 aliphatic carbocycles. The number of aromatic nitrogens is 1. The summed E-state index contributed by atoms with van der Waals surface area (Å²) < 4.78 is 34.3. The van der Waals surface area contributed by atoms with E-state index in [1.807, 2.05) is 0 Å². The van der Waals surface area contributed by atoms with Crippen molar-refractivity contribution in [1.29, 1.82) is 0 Å². The van der Waals surface area contributed by atoms with E-state index in [1.54, 1.807) is 0 Å². The average molecular weight is 252 g/mol. The Labute approximate surface area is 95.1 Å². The molecule has 16 heavy (non-hydrogen) atoms. The summed E-state index contributed by atoms with van der Waals surface area (Å²) in [4.78, 5) is 14.7. The van der Waals surface area contributed by atoms with Gasteiger partial charge in [0.2, 0.25) is 5.88 Å². The third kappa shape index (κ3) is 2.38. The van der Waals surface area contributed by atoms with Crippen LogP contribution in [0.4, 0.5) is 8.78 Å². The first-order valence-electron chi connectivity index (χ1n) is 4.12. The van der Waals surface area contributed by atoms with E-state index in [0.29, 0.717) is 0 Å². The minimum Gasteiger partial charge on any atom is -0.481 e.